The van der Waals surface area contributed by atoms with Crippen molar-refractivity contribution in [3.8, 4) is 0 Å². The molecule has 0 saturated carbocycles. The molecule has 0 bridgehead atoms. The van der Waals surface area contributed by atoms with Crippen molar-refractivity contribution in [2.75, 3.05) is 6.61 Å². The zero-order valence-electron chi connectivity index (χ0n) is 10.8. The third kappa shape index (κ3) is 4.49. The minimum absolute atomic E-state index is 0.220. The summed E-state index contributed by atoms with van der Waals surface area (Å²) < 4.78 is 19.6. The van der Waals surface area contributed by atoms with Crippen molar-refractivity contribution in [1.82, 2.24) is 0 Å². The van der Waals surface area contributed by atoms with E-state index in [1.807, 2.05) is 0 Å². The van der Waals surface area contributed by atoms with Gasteiger partial charge in [-0.05, 0) is 0 Å². The zero-order valence-corrected chi connectivity index (χ0v) is 10.8. The highest BCUT2D eigenvalue weighted by atomic mass is 16.7. The average molecular weight is 276 g/mol. The Morgan fingerprint density at radius 1 is 1.00 bits per heavy atom. The maximum absolute atomic E-state index is 11.0. The summed E-state index contributed by atoms with van der Waals surface area (Å²) in [6.45, 7) is 3.30. The summed E-state index contributed by atoms with van der Waals surface area (Å²) in [5.74, 6) is -1.83. The van der Waals surface area contributed by atoms with Gasteiger partial charge in [0, 0.05) is 20.8 Å². The first-order chi connectivity index (χ1) is 8.81. The van der Waals surface area contributed by atoms with Crippen molar-refractivity contribution in [3.05, 3.63) is 0 Å². The SMILES string of the molecule is CC(=O)OC[C@H]1OC(O)[C@H](OC(C)=O)[C@H]1OC(C)=O. The lowest BCUT2D eigenvalue weighted by atomic mass is 10.1. The molecule has 1 rings (SSSR count). The minimum Gasteiger partial charge on any atom is -0.463 e. The molecule has 0 aromatic heterocycles. The lowest BCUT2D eigenvalue weighted by molar-refractivity contribution is -0.174. The fourth-order valence-corrected chi connectivity index (χ4v) is 1.69. The molecule has 0 aromatic carbocycles. The molecule has 4 atom stereocenters. The summed E-state index contributed by atoms with van der Waals surface area (Å²) in [6.07, 6.45) is -4.53. The molecule has 0 spiro atoms. The number of rotatable bonds is 4. The fraction of sp³-hybridized carbons (Fsp3) is 0.727. The Labute approximate surface area is 109 Å². The van der Waals surface area contributed by atoms with E-state index in [2.05, 4.69) is 0 Å². The molecule has 8 heteroatoms. The third-order valence-corrected chi connectivity index (χ3v) is 2.34. The molecule has 1 heterocycles. The molecule has 0 amide bonds. The number of aliphatic hydroxyl groups is 1. The van der Waals surface area contributed by atoms with E-state index in [9.17, 15) is 19.5 Å². The molecule has 1 aliphatic heterocycles. The van der Waals surface area contributed by atoms with Crippen LogP contribution in [-0.4, -0.2) is 54.2 Å². The van der Waals surface area contributed by atoms with Crippen molar-refractivity contribution in [1.29, 1.82) is 0 Å². The number of carbonyl (C=O) groups excluding carboxylic acids is 3. The van der Waals surface area contributed by atoms with Gasteiger partial charge in [0.2, 0.25) is 0 Å². The topological polar surface area (TPSA) is 108 Å². The van der Waals surface area contributed by atoms with E-state index in [-0.39, 0.29) is 6.61 Å². The molecule has 1 N–H and O–H groups in total. The molecule has 1 aliphatic rings. The highest BCUT2D eigenvalue weighted by molar-refractivity contribution is 5.67. The highest BCUT2D eigenvalue weighted by Gasteiger charge is 2.48. The molecule has 0 aromatic rings. The molecular weight excluding hydrogens is 260 g/mol. The van der Waals surface area contributed by atoms with Crippen LogP contribution < -0.4 is 0 Å². The second kappa shape index (κ2) is 6.48. The number of hydrogen-bond acceptors (Lipinski definition) is 8. The van der Waals surface area contributed by atoms with Gasteiger partial charge < -0.3 is 24.1 Å². The summed E-state index contributed by atoms with van der Waals surface area (Å²) in [7, 11) is 0. The minimum atomic E-state index is -1.45. The number of ether oxygens (including phenoxy) is 4. The second-order valence-electron chi connectivity index (χ2n) is 4.02. The molecule has 0 aliphatic carbocycles. The van der Waals surface area contributed by atoms with Crippen LogP contribution in [0.5, 0.6) is 0 Å². The quantitative estimate of drug-likeness (QED) is 0.521. The number of aliphatic hydroxyl groups excluding tert-OH is 1. The van der Waals surface area contributed by atoms with Crippen molar-refractivity contribution >= 4 is 17.9 Å². The van der Waals surface area contributed by atoms with Crippen LogP contribution in [0.1, 0.15) is 20.8 Å². The Bertz CT molecular complexity index is 366. The summed E-state index contributed by atoms with van der Waals surface area (Å²) in [5, 5.41) is 9.63. The van der Waals surface area contributed by atoms with Gasteiger partial charge in [-0.15, -0.1) is 0 Å². The van der Waals surface area contributed by atoms with Gasteiger partial charge in [-0.25, -0.2) is 0 Å². The second-order valence-corrected chi connectivity index (χ2v) is 4.02. The van der Waals surface area contributed by atoms with Crippen LogP contribution in [0.15, 0.2) is 0 Å². The predicted octanol–water partition coefficient (Wildman–Crippen LogP) is -0.870. The Morgan fingerprint density at radius 2 is 1.53 bits per heavy atom. The first-order valence-electron chi connectivity index (χ1n) is 5.62. The lowest BCUT2D eigenvalue weighted by Crippen LogP contribution is -2.41. The molecule has 1 fully saturated rings. The summed E-state index contributed by atoms with van der Waals surface area (Å²) in [6, 6.07) is 0. The highest BCUT2D eigenvalue weighted by Crippen LogP contribution is 2.26. The Balaban J connectivity index is 2.76. The molecule has 19 heavy (non-hydrogen) atoms. The van der Waals surface area contributed by atoms with E-state index in [1.54, 1.807) is 0 Å². The van der Waals surface area contributed by atoms with Crippen LogP contribution in [0, 0.1) is 0 Å². The normalized spacial score (nSPS) is 29.7. The molecule has 8 nitrogen and oxygen atoms in total. The van der Waals surface area contributed by atoms with E-state index in [0.29, 0.717) is 0 Å². The third-order valence-electron chi connectivity index (χ3n) is 2.34. The average Bonchev–Trinajstić information content (AvgIpc) is 2.53. The van der Waals surface area contributed by atoms with E-state index in [4.69, 9.17) is 18.9 Å². The van der Waals surface area contributed by atoms with Crippen LogP contribution in [0.3, 0.4) is 0 Å². The standard InChI is InChI=1S/C11H16O8/c1-5(12)16-4-8-9(17-6(2)13)10(11(15)19-8)18-7(3)14/h8-11,15H,4H2,1-3H3/t8-,9+,10-,11?/m1/s1. The number of hydrogen-bond donors (Lipinski definition) is 1. The first-order valence-corrected chi connectivity index (χ1v) is 5.62. The lowest BCUT2D eigenvalue weighted by Gasteiger charge is -2.21. The Kier molecular flexibility index (Phi) is 5.25. The summed E-state index contributed by atoms with van der Waals surface area (Å²) in [5.41, 5.74) is 0. The van der Waals surface area contributed by atoms with E-state index < -0.39 is 42.5 Å². The van der Waals surface area contributed by atoms with Crippen molar-refractivity contribution < 1.29 is 38.4 Å². The van der Waals surface area contributed by atoms with Crippen molar-refractivity contribution in [3.63, 3.8) is 0 Å². The first kappa shape index (κ1) is 15.4. The number of esters is 3. The van der Waals surface area contributed by atoms with E-state index in [1.165, 1.54) is 13.8 Å². The fourth-order valence-electron chi connectivity index (χ4n) is 1.69. The van der Waals surface area contributed by atoms with Crippen molar-refractivity contribution in [2.24, 2.45) is 0 Å². The van der Waals surface area contributed by atoms with Gasteiger partial charge in [-0.3, -0.25) is 14.4 Å². The molecule has 1 unspecified atom stereocenters. The Hall–Kier alpha value is -1.67. The van der Waals surface area contributed by atoms with Crippen LogP contribution in [0.4, 0.5) is 0 Å². The van der Waals surface area contributed by atoms with Gasteiger partial charge >= 0.3 is 17.9 Å². The predicted molar refractivity (Wildman–Crippen MR) is 58.6 cm³/mol. The van der Waals surface area contributed by atoms with Gasteiger partial charge in [0.1, 0.15) is 12.7 Å². The van der Waals surface area contributed by atoms with Gasteiger partial charge in [0.15, 0.2) is 18.5 Å². The van der Waals surface area contributed by atoms with Crippen molar-refractivity contribution in [2.45, 2.75) is 45.4 Å². The molecular formula is C11H16O8. The van der Waals surface area contributed by atoms with Gasteiger partial charge in [-0.2, -0.15) is 0 Å². The molecule has 108 valence electrons. The van der Waals surface area contributed by atoms with E-state index >= 15 is 0 Å². The zero-order chi connectivity index (χ0) is 14.6. The maximum Gasteiger partial charge on any atom is 0.303 e. The monoisotopic (exact) mass is 276 g/mol. The van der Waals surface area contributed by atoms with Crippen LogP contribution in [-0.2, 0) is 33.3 Å². The molecule has 1 saturated heterocycles. The van der Waals surface area contributed by atoms with Crippen LogP contribution in [0.2, 0.25) is 0 Å². The molecule has 0 radical (unpaired) electrons. The maximum atomic E-state index is 11.0. The van der Waals surface area contributed by atoms with Gasteiger partial charge in [-0.1, -0.05) is 0 Å². The number of carbonyl (C=O) groups is 3. The summed E-state index contributed by atoms with van der Waals surface area (Å²) in [4.78, 5) is 32.7. The largest absolute Gasteiger partial charge is 0.463 e. The van der Waals surface area contributed by atoms with Crippen LogP contribution >= 0.6 is 0 Å². The van der Waals surface area contributed by atoms with E-state index in [0.717, 1.165) is 6.92 Å². The van der Waals surface area contributed by atoms with Gasteiger partial charge in [0.25, 0.3) is 0 Å². The summed E-state index contributed by atoms with van der Waals surface area (Å²) >= 11 is 0. The Morgan fingerprint density at radius 3 is 2.00 bits per heavy atom. The smallest absolute Gasteiger partial charge is 0.303 e. The van der Waals surface area contributed by atoms with Crippen LogP contribution in [0.25, 0.3) is 0 Å². The van der Waals surface area contributed by atoms with Gasteiger partial charge in [0.05, 0.1) is 0 Å².